The lowest BCUT2D eigenvalue weighted by Crippen LogP contribution is -2.03. The lowest BCUT2D eigenvalue weighted by atomic mass is 10.1. The van der Waals surface area contributed by atoms with E-state index in [1.54, 1.807) is 12.1 Å². The standard InChI is InChI=1S/C14H10N4O5/c19-14(20)13-5-4-11(23-13)8-17-12(7-15-16-17)9-2-1-3-10(6-9)18(21)22/h1-7H,8H2,(H,19,20). The number of rotatable bonds is 5. The van der Waals surface area contributed by atoms with Crippen molar-refractivity contribution in [1.82, 2.24) is 15.0 Å². The summed E-state index contributed by atoms with van der Waals surface area (Å²) in [5, 5.41) is 27.4. The van der Waals surface area contributed by atoms with Crippen LogP contribution < -0.4 is 0 Å². The number of carboxylic acid groups (broad SMARTS) is 1. The van der Waals surface area contributed by atoms with Gasteiger partial charge < -0.3 is 9.52 Å². The molecular weight excluding hydrogens is 304 g/mol. The van der Waals surface area contributed by atoms with E-state index in [2.05, 4.69) is 10.3 Å². The average molecular weight is 314 g/mol. The summed E-state index contributed by atoms with van der Waals surface area (Å²) in [6.07, 6.45) is 1.47. The van der Waals surface area contributed by atoms with E-state index in [0.717, 1.165) is 0 Å². The van der Waals surface area contributed by atoms with Crippen molar-refractivity contribution in [2.75, 3.05) is 0 Å². The molecule has 1 N–H and O–H groups in total. The zero-order valence-electron chi connectivity index (χ0n) is 11.6. The van der Waals surface area contributed by atoms with Crippen molar-refractivity contribution in [3.8, 4) is 11.3 Å². The highest BCUT2D eigenvalue weighted by Crippen LogP contribution is 2.23. The first-order valence-electron chi connectivity index (χ1n) is 6.50. The van der Waals surface area contributed by atoms with Crippen molar-refractivity contribution in [3.63, 3.8) is 0 Å². The third-order valence-corrected chi connectivity index (χ3v) is 3.15. The molecule has 23 heavy (non-hydrogen) atoms. The van der Waals surface area contributed by atoms with E-state index >= 15 is 0 Å². The number of hydrogen-bond acceptors (Lipinski definition) is 6. The molecule has 2 aromatic heterocycles. The summed E-state index contributed by atoms with van der Waals surface area (Å²) >= 11 is 0. The van der Waals surface area contributed by atoms with Crippen LogP contribution in [0.4, 0.5) is 5.69 Å². The van der Waals surface area contributed by atoms with Gasteiger partial charge in [0.2, 0.25) is 5.76 Å². The lowest BCUT2D eigenvalue weighted by Gasteiger charge is -2.04. The highest BCUT2D eigenvalue weighted by atomic mass is 16.6. The molecule has 0 atom stereocenters. The van der Waals surface area contributed by atoms with Gasteiger partial charge in [-0.05, 0) is 12.1 Å². The Kier molecular flexibility index (Phi) is 3.59. The van der Waals surface area contributed by atoms with Gasteiger partial charge in [-0.3, -0.25) is 10.1 Å². The summed E-state index contributed by atoms with van der Waals surface area (Å²) in [4.78, 5) is 21.2. The number of carbonyl (C=O) groups is 1. The maximum atomic E-state index is 10.9. The minimum Gasteiger partial charge on any atom is -0.475 e. The number of carboxylic acids is 1. The van der Waals surface area contributed by atoms with Crippen LogP contribution in [0.15, 0.2) is 47.0 Å². The van der Waals surface area contributed by atoms with Gasteiger partial charge in [-0.1, -0.05) is 17.3 Å². The molecule has 9 heteroatoms. The Bertz CT molecular complexity index is 883. The van der Waals surface area contributed by atoms with Crippen molar-refractivity contribution in [2.45, 2.75) is 6.54 Å². The summed E-state index contributed by atoms with van der Waals surface area (Å²) in [6.45, 7) is 0.158. The predicted molar refractivity (Wildman–Crippen MR) is 76.9 cm³/mol. The highest BCUT2D eigenvalue weighted by Gasteiger charge is 2.14. The molecule has 116 valence electrons. The molecule has 0 fully saturated rings. The molecule has 0 spiro atoms. The Balaban J connectivity index is 1.91. The minimum atomic E-state index is -1.16. The van der Waals surface area contributed by atoms with Gasteiger partial charge in [-0.15, -0.1) is 5.10 Å². The van der Waals surface area contributed by atoms with Gasteiger partial charge in [0.25, 0.3) is 5.69 Å². The Morgan fingerprint density at radius 2 is 2.17 bits per heavy atom. The summed E-state index contributed by atoms with van der Waals surface area (Å²) < 4.78 is 6.65. The van der Waals surface area contributed by atoms with Crippen LogP contribution in [0, 0.1) is 10.1 Å². The fourth-order valence-electron chi connectivity index (χ4n) is 2.10. The number of furan rings is 1. The zero-order valence-corrected chi connectivity index (χ0v) is 11.6. The maximum absolute atomic E-state index is 10.9. The summed E-state index contributed by atoms with van der Waals surface area (Å²) in [7, 11) is 0. The Labute approximate surface area is 128 Å². The van der Waals surface area contributed by atoms with Crippen molar-refractivity contribution >= 4 is 11.7 Å². The fourth-order valence-corrected chi connectivity index (χ4v) is 2.10. The largest absolute Gasteiger partial charge is 0.475 e. The van der Waals surface area contributed by atoms with Crippen LogP contribution in [0.25, 0.3) is 11.3 Å². The monoisotopic (exact) mass is 314 g/mol. The number of aromatic nitrogens is 3. The topological polar surface area (TPSA) is 124 Å². The number of aromatic carboxylic acids is 1. The molecule has 2 heterocycles. The molecule has 0 radical (unpaired) electrons. The van der Waals surface area contributed by atoms with Crippen molar-refractivity contribution in [3.05, 3.63) is 64.2 Å². The summed E-state index contributed by atoms with van der Waals surface area (Å²) in [5.74, 6) is -0.939. The number of nitro groups is 1. The number of hydrogen-bond donors (Lipinski definition) is 1. The number of benzene rings is 1. The first-order chi connectivity index (χ1) is 11.0. The van der Waals surface area contributed by atoms with Crippen LogP contribution in [-0.2, 0) is 6.54 Å². The number of nitrogens with zero attached hydrogens (tertiary/aromatic N) is 4. The van der Waals surface area contributed by atoms with Crippen LogP contribution in [0.5, 0.6) is 0 Å². The normalized spacial score (nSPS) is 10.6. The fraction of sp³-hybridized carbons (Fsp3) is 0.0714. The Morgan fingerprint density at radius 1 is 1.35 bits per heavy atom. The lowest BCUT2D eigenvalue weighted by molar-refractivity contribution is -0.384. The van der Waals surface area contributed by atoms with Gasteiger partial charge in [0.05, 0.1) is 16.8 Å². The second-order valence-electron chi connectivity index (χ2n) is 4.66. The molecule has 0 aliphatic rings. The third-order valence-electron chi connectivity index (χ3n) is 3.15. The molecule has 0 saturated heterocycles. The van der Waals surface area contributed by atoms with Gasteiger partial charge >= 0.3 is 5.97 Å². The maximum Gasteiger partial charge on any atom is 0.371 e. The van der Waals surface area contributed by atoms with Crippen LogP contribution >= 0.6 is 0 Å². The Hall–Kier alpha value is -3.49. The molecule has 9 nitrogen and oxygen atoms in total. The molecule has 0 unspecified atom stereocenters. The molecule has 1 aromatic carbocycles. The second-order valence-corrected chi connectivity index (χ2v) is 4.66. The van der Waals surface area contributed by atoms with Gasteiger partial charge in [0.15, 0.2) is 0 Å². The van der Waals surface area contributed by atoms with Crippen LogP contribution in [0.2, 0.25) is 0 Å². The number of nitro benzene ring substituents is 1. The second kappa shape index (κ2) is 5.72. The van der Waals surface area contributed by atoms with Crippen LogP contribution in [-0.4, -0.2) is 31.0 Å². The molecule has 0 bridgehead atoms. The molecule has 3 rings (SSSR count). The predicted octanol–water partition coefficient (Wildman–Crippen LogP) is 2.19. The van der Waals surface area contributed by atoms with Crippen molar-refractivity contribution < 1.29 is 19.2 Å². The molecule has 0 aliphatic heterocycles. The van der Waals surface area contributed by atoms with Gasteiger partial charge in [0.1, 0.15) is 12.3 Å². The van der Waals surface area contributed by atoms with Crippen LogP contribution in [0.3, 0.4) is 0 Å². The van der Waals surface area contributed by atoms with E-state index in [1.165, 1.54) is 35.1 Å². The van der Waals surface area contributed by atoms with E-state index in [0.29, 0.717) is 17.0 Å². The summed E-state index contributed by atoms with van der Waals surface area (Å²) in [6, 6.07) is 8.96. The minimum absolute atomic E-state index is 0.0404. The molecule has 0 saturated carbocycles. The highest BCUT2D eigenvalue weighted by molar-refractivity contribution is 5.84. The van der Waals surface area contributed by atoms with Gasteiger partial charge in [0, 0.05) is 17.7 Å². The zero-order chi connectivity index (χ0) is 16.4. The van der Waals surface area contributed by atoms with Crippen molar-refractivity contribution in [1.29, 1.82) is 0 Å². The van der Waals surface area contributed by atoms with E-state index in [4.69, 9.17) is 9.52 Å². The smallest absolute Gasteiger partial charge is 0.371 e. The van der Waals surface area contributed by atoms with E-state index in [1.807, 2.05) is 0 Å². The first-order valence-corrected chi connectivity index (χ1v) is 6.50. The molecule has 0 aliphatic carbocycles. The molecule has 3 aromatic rings. The summed E-state index contributed by atoms with van der Waals surface area (Å²) in [5.41, 5.74) is 1.10. The van der Waals surface area contributed by atoms with E-state index in [9.17, 15) is 14.9 Å². The Morgan fingerprint density at radius 3 is 2.87 bits per heavy atom. The number of non-ortho nitro benzene ring substituents is 1. The quantitative estimate of drug-likeness (QED) is 0.565. The SMILES string of the molecule is O=C(O)c1ccc(Cn2nncc2-c2cccc([N+](=O)[O-])c2)o1. The average Bonchev–Trinajstić information content (AvgIpc) is 3.17. The van der Waals surface area contributed by atoms with Crippen molar-refractivity contribution in [2.24, 2.45) is 0 Å². The van der Waals surface area contributed by atoms with E-state index in [-0.39, 0.29) is 18.0 Å². The van der Waals surface area contributed by atoms with Gasteiger partial charge in [-0.2, -0.15) is 0 Å². The van der Waals surface area contributed by atoms with E-state index < -0.39 is 10.9 Å². The van der Waals surface area contributed by atoms with Crippen LogP contribution in [0.1, 0.15) is 16.3 Å². The third kappa shape index (κ3) is 2.93. The van der Waals surface area contributed by atoms with Gasteiger partial charge in [-0.25, -0.2) is 9.48 Å². The molecular formula is C14H10N4O5. The molecule has 0 amide bonds. The first kappa shape index (κ1) is 14.4.